The maximum absolute atomic E-state index is 12.8. The Balaban J connectivity index is 2.53. The van der Waals surface area contributed by atoms with Crippen molar-refractivity contribution in [3.8, 4) is 11.5 Å². The molecule has 0 fully saturated rings. The fourth-order valence-electron chi connectivity index (χ4n) is 2.73. The number of ketones is 1. The largest absolute Gasteiger partial charge is 0.507 e. The second kappa shape index (κ2) is 10.2. The molecule has 0 saturated heterocycles. The minimum Gasteiger partial charge on any atom is -0.507 e. The SMILES string of the molecule is C[C@@H]1OC(=O)c2c(O)ccc(OCCO)c2/C=C/C[C@H](O)[C@H](O)C(=O)/C=C\[C@@H]1C. The van der Waals surface area contributed by atoms with E-state index in [2.05, 4.69) is 0 Å². The minimum atomic E-state index is -1.60. The van der Waals surface area contributed by atoms with Crippen LogP contribution in [0.4, 0.5) is 0 Å². The van der Waals surface area contributed by atoms with Crippen molar-refractivity contribution in [1.82, 2.24) is 0 Å². The van der Waals surface area contributed by atoms with E-state index >= 15 is 0 Å². The maximum atomic E-state index is 12.8. The van der Waals surface area contributed by atoms with Crippen LogP contribution in [-0.2, 0) is 9.53 Å². The average molecular weight is 406 g/mol. The molecule has 8 heteroatoms. The fourth-order valence-corrected chi connectivity index (χ4v) is 2.73. The van der Waals surface area contributed by atoms with Crippen molar-refractivity contribution in [2.24, 2.45) is 5.92 Å². The Hall–Kier alpha value is -2.68. The van der Waals surface area contributed by atoms with E-state index in [0.29, 0.717) is 0 Å². The van der Waals surface area contributed by atoms with Crippen molar-refractivity contribution in [3.05, 3.63) is 41.5 Å². The number of carbonyl (C=O) groups is 2. The van der Waals surface area contributed by atoms with Crippen molar-refractivity contribution in [1.29, 1.82) is 0 Å². The lowest BCUT2D eigenvalue weighted by Gasteiger charge is -2.20. The van der Waals surface area contributed by atoms with Crippen LogP contribution in [0.5, 0.6) is 11.5 Å². The molecule has 4 atom stereocenters. The number of hydrogen-bond donors (Lipinski definition) is 4. The van der Waals surface area contributed by atoms with E-state index in [0.717, 1.165) is 6.08 Å². The summed E-state index contributed by atoms with van der Waals surface area (Å²) >= 11 is 0. The average Bonchev–Trinajstić information content (AvgIpc) is 2.69. The van der Waals surface area contributed by atoms with Gasteiger partial charge in [0.1, 0.15) is 35.9 Å². The highest BCUT2D eigenvalue weighted by atomic mass is 16.5. The van der Waals surface area contributed by atoms with Crippen LogP contribution in [0.2, 0.25) is 0 Å². The van der Waals surface area contributed by atoms with Crippen LogP contribution in [0.25, 0.3) is 6.08 Å². The Morgan fingerprint density at radius 3 is 2.59 bits per heavy atom. The van der Waals surface area contributed by atoms with Gasteiger partial charge in [-0.05, 0) is 31.6 Å². The van der Waals surface area contributed by atoms with Gasteiger partial charge in [-0.25, -0.2) is 4.79 Å². The summed E-state index contributed by atoms with van der Waals surface area (Å²) in [4.78, 5) is 24.8. The molecule has 0 bridgehead atoms. The zero-order valence-electron chi connectivity index (χ0n) is 16.3. The van der Waals surface area contributed by atoms with E-state index in [-0.39, 0.29) is 48.2 Å². The number of aliphatic hydroxyl groups excluding tert-OH is 3. The van der Waals surface area contributed by atoms with Gasteiger partial charge in [-0.1, -0.05) is 25.2 Å². The number of phenols is 1. The third kappa shape index (κ3) is 5.66. The third-order valence-corrected chi connectivity index (χ3v) is 4.65. The quantitative estimate of drug-likeness (QED) is 0.551. The molecular weight excluding hydrogens is 380 g/mol. The van der Waals surface area contributed by atoms with Gasteiger partial charge >= 0.3 is 5.97 Å². The minimum absolute atomic E-state index is 0.0336. The zero-order valence-corrected chi connectivity index (χ0v) is 16.3. The molecule has 1 aromatic carbocycles. The molecule has 2 rings (SSSR count). The molecule has 0 saturated carbocycles. The number of aromatic hydroxyl groups is 1. The second-order valence-electron chi connectivity index (χ2n) is 6.82. The van der Waals surface area contributed by atoms with Crippen LogP contribution in [0.3, 0.4) is 0 Å². The number of benzene rings is 1. The van der Waals surface area contributed by atoms with E-state index in [1.165, 1.54) is 30.4 Å². The van der Waals surface area contributed by atoms with Crippen LogP contribution in [0.1, 0.15) is 36.2 Å². The number of fused-ring (bicyclic) bond motifs is 1. The summed E-state index contributed by atoms with van der Waals surface area (Å²) in [5.41, 5.74) is 0.0758. The highest BCUT2D eigenvalue weighted by Gasteiger charge is 2.26. The fraction of sp³-hybridized carbons (Fsp3) is 0.429. The molecule has 0 aromatic heterocycles. The van der Waals surface area contributed by atoms with Gasteiger partial charge in [-0.15, -0.1) is 0 Å². The van der Waals surface area contributed by atoms with Crippen molar-refractivity contribution < 1.29 is 39.5 Å². The van der Waals surface area contributed by atoms with Gasteiger partial charge in [-0.2, -0.15) is 0 Å². The molecule has 0 amide bonds. The van der Waals surface area contributed by atoms with Gasteiger partial charge in [-0.3, -0.25) is 4.79 Å². The Kier molecular flexibility index (Phi) is 7.95. The first kappa shape index (κ1) is 22.6. The highest BCUT2D eigenvalue weighted by molar-refractivity contribution is 5.98. The van der Waals surface area contributed by atoms with Crippen LogP contribution < -0.4 is 4.74 Å². The first-order valence-corrected chi connectivity index (χ1v) is 9.31. The molecule has 8 nitrogen and oxygen atoms in total. The van der Waals surface area contributed by atoms with Gasteiger partial charge < -0.3 is 29.9 Å². The van der Waals surface area contributed by atoms with E-state index in [4.69, 9.17) is 14.6 Å². The van der Waals surface area contributed by atoms with Crippen LogP contribution in [0.15, 0.2) is 30.4 Å². The lowest BCUT2D eigenvalue weighted by molar-refractivity contribution is -0.127. The number of rotatable bonds is 3. The lowest BCUT2D eigenvalue weighted by Crippen LogP contribution is -2.32. The van der Waals surface area contributed by atoms with Crippen molar-refractivity contribution in [2.75, 3.05) is 13.2 Å². The number of aliphatic hydroxyl groups is 3. The Morgan fingerprint density at radius 1 is 1.17 bits per heavy atom. The van der Waals surface area contributed by atoms with E-state index in [1.54, 1.807) is 13.8 Å². The summed E-state index contributed by atoms with van der Waals surface area (Å²) < 4.78 is 10.9. The van der Waals surface area contributed by atoms with Crippen LogP contribution in [0, 0.1) is 5.92 Å². The van der Waals surface area contributed by atoms with Gasteiger partial charge in [0, 0.05) is 11.5 Å². The third-order valence-electron chi connectivity index (χ3n) is 4.65. The number of carbonyl (C=O) groups excluding carboxylic acids is 2. The molecule has 1 aromatic rings. The second-order valence-corrected chi connectivity index (χ2v) is 6.82. The molecule has 0 radical (unpaired) electrons. The number of cyclic esters (lactones) is 1. The standard InChI is InChI=1S/C21H26O8/c1-12-6-7-17(25)20(26)16(24)5-3-4-14-18(28-11-10-22)9-8-15(23)19(14)21(27)29-13(12)2/h3-4,6-9,12-13,16,20,22-24,26H,5,10-11H2,1-2H3/b4-3+,7-6-/t12-,13-,16-,20-/m0/s1. The Bertz CT molecular complexity index is 798. The van der Waals surface area contributed by atoms with Crippen LogP contribution >= 0.6 is 0 Å². The first-order chi connectivity index (χ1) is 13.8. The molecule has 158 valence electrons. The summed E-state index contributed by atoms with van der Waals surface area (Å²) in [6, 6.07) is 2.73. The van der Waals surface area contributed by atoms with Gasteiger partial charge in [0.05, 0.1) is 12.7 Å². The van der Waals surface area contributed by atoms with Gasteiger partial charge in [0.25, 0.3) is 0 Å². The summed E-state index contributed by atoms with van der Waals surface area (Å²) in [6.45, 7) is 3.07. The first-order valence-electron chi connectivity index (χ1n) is 9.31. The predicted molar refractivity (Wildman–Crippen MR) is 105 cm³/mol. The molecule has 4 N–H and O–H groups in total. The summed E-state index contributed by atoms with van der Waals surface area (Å²) in [5, 5.41) is 39.4. The van der Waals surface area contributed by atoms with Crippen molar-refractivity contribution >= 4 is 17.8 Å². The molecule has 0 spiro atoms. The smallest absolute Gasteiger partial charge is 0.342 e. The molecule has 1 heterocycles. The van der Waals surface area contributed by atoms with E-state index in [9.17, 15) is 24.9 Å². The number of hydrogen-bond acceptors (Lipinski definition) is 8. The highest BCUT2D eigenvalue weighted by Crippen LogP contribution is 2.33. The lowest BCUT2D eigenvalue weighted by atomic mass is 9.99. The number of ether oxygens (including phenoxy) is 2. The normalized spacial score (nSPS) is 28.0. The molecule has 1 aliphatic heterocycles. The van der Waals surface area contributed by atoms with Gasteiger partial charge in [0.15, 0.2) is 5.78 Å². The molecule has 0 aliphatic carbocycles. The maximum Gasteiger partial charge on any atom is 0.342 e. The van der Waals surface area contributed by atoms with E-state index in [1.807, 2.05) is 0 Å². The van der Waals surface area contributed by atoms with Crippen LogP contribution in [-0.4, -0.2) is 63.7 Å². The Morgan fingerprint density at radius 2 is 1.90 bits per heavy atom. The summed E-state index contributed by atoms with van der Waals surface area (Å²) in [7, 11) is 0. The number of esters is 1. The summed E-state index contributed by atoms with van der Waals surface area (Å²) in [5.74, 6) is -1.90. The molecule has 29 heavy (non-hydrogen) atoms. The zero-order chi connectivity index (χ0) is 21.6. The monoisotopic (exact) mass is 406 g/mol. The molecular formula is C21H26O8. The number of phenolic OH excluding ortho intramolecular Hbond substituents is 1. The summed E-state index contributed by atoms with van der Waals surface area (Å²) in [6.07, 6.45) is 1.83. The Labute approximate surface area is 168 Å². The predicted octanol–water partition coefficient (Wildman–Crippen LogP) is 1.21. The molecule has 0 unspecified atom stereocenters. The van der Waals surface area contributed by atoms with Crippen molar-refractivity contribution in [2.45, 2.75) is 38.6 Å². The van der Waals surface area contributed by atoms with E-state index < -0.39 is 30.1 Å². The van der Waals surface area contributed by atoms with Crippen molar-refractivity contribution in [3.63, 3.8) is 0 Å². The van der Waals surface area contributed by atoms with Gasteiger partial charge in [0.2, 0.25) is 0 Å². The molecule has 1 aliphatic rings. The topological polar surface area (TPSA) is 134 Å².